The van der Waals surface area contributed by atoms with Crippen LogP contribution in [0, 0.1) is 5.82 Å². The maximum absolute atomic E-state index is 13.4. The molecule has 1 atom stereocenters. The standard InChI is InChI=1S/C17H28FN3O2S.HI/c1-13(9-10-24(5,22)23)21-16(19-4)20-12-17(2,3)14-7-6-8-15(18)11-14;/h6-8,11,13H,9-10,12H2,1-5H3,(H2,19,20,21);1H. The van der Waals surface area contributed by atoms with Crippen LogP contribution in [0.15, 0.2) is 29.3 Å². The van der Waals surface area contributed by atoms with Crippen LogP contribution < -0.4 is 10.6 Å². The summed E-state index contributed by atoms with van der Waals surface area (Å²) in [6.07, 6.45) is 1.74. The fourth-order valence-corrected chi connectivity index (χ4v) is 2.99. The molecule has 144 valence electrons. The number of sulfone groups is 1. The molecule has 1 aromatic rings. The maximum atomic E-state index is 13.4. The van der Waals surface area contributed by atoms with Gasteiger partial charge in [0.05, 0.1) is 5.75 Å². The fourth-order valence-electron chi connectivity index (χ4n) is 2.21. The summed E-state index contributed by atoms with van der Waals surface area (Å²) in [7, 11) is -1.31. The van der Waals surface area contributed by atoms with Crippen molar-refractivity contribution in [3.63, 3.8) is 0 Å². The van der Waals surface area contributed by atoms with Gasteiger partial charge >= 0.3 is 0 Å². The number of aliphatic imine (C=N–C) groups is 1. The molecule has 8 heteroatoms. The Morgan fingerprint density at radius 1 is 1.36 bits per heavy atom. The van der Waals surface area contributed by atoms with Crippen molar-refractivity contribution in [3.05, 3.63) is 35.6 Å². The predicted molar refractivity (Wildman–Crippen MR) is 113 cm³/mol. The summed E-state index contributed by atoms with van der Waals surface area (Å²) in [5.74, 6) is 0.477. The van der Waals surface area contributed by atoms with Crippen molar-refractivity contribution in [1.82, 2.24) is 10.6 Å². The van der Waals surface area contributed by atoms with E-state index in [0.29, 0.717) is 18.9 Å². The Morgan fingerprint density at radius 2 is 2.00 bits per heavy atom. The Kier molecular flexibility index (Phi) is 9.93. The number of nitrogens with one attached hydrogen (secondary N) is 2. The Morgan fingerprint density at radius 3 is 2.52 bits per heavy atom. The molecule has 1 rings (SSSR count). The van der Waals surface area contributed by atoms with E-state index >= 15 is 0 Å². The summed E-state index contributed by atoms with van der Waals surface area (Å²) in [5, 5.41) is 6.40. The molecule has 0 spiro atoms. The minimum absolute atomic E-state index is 0. The van der Waals surface area contributed by atoms with Gasteiger partial charge in [0.2, 0.25) is 0 Å². The van der Waals surface area contributed by atoms with E-state index in [9.17, 15) is 12.8 Å². The lowest BCUT2D eigenvalue weighted by Crippen LogP contribution is -2.46. The highest BCUT2D eigenvalue weighted by Crippen LogP contribution is 2.22. The molecule has 0 aliphatic rings. The molecule has 0 saturated carbocycles. The Bertz CT molecular complexity index is 678. The predicted octanol–water partition coefficient (Wildman–Crippen LogP) is 2.71. The van der Waals surface area contributed by atoms with Gasteiger partial charge in [-0.25, -0.2) is 12.8 Å². The first kappa shape index (κ1) is 24.1. The van der Waals surface area contributed by atoms with Crippen LogP contribution >= 0.6 is 24.0 Å². The molecular weight excluding hydrogens is 456 g/mol. The van der Waals surface area contributed by atoms with Gasteiger partial charge in [0.15, 0.2) is 5.96 Å². The fraction of sp³-hybridized carbons (Fsp3) is 0.588. The molecule has 0 fully saturated rings. The van der Waals surface area contributed by atoms with Gasteiger partial charge in [0.25, 0.3) is 0 Å². The highest BCUT2D eigenvalue weighted by molar-refractivity contribution is 14.0. The maximum Gasteiger partial charge on any atom is 0.191 e. The van der Waals surface area contributed by atoms with Gasteiger partial charge in [-0.15, -0.1) is 24.0 Å². The molecular formula is C17H29FIN3O2S. The van der Waals surface area contributed by atoms with Crippen molar-refractivity contribution in [2.75, 3.05) is 25.6 Å². The Balaban J connectivity index is 0.00000576. The third-order valence-electron chi connectivity index (χ3n) is 3.83. The highest BCUT2D eigenvalue weighted by atomic mass is 127. The summed E-state index contributed by atoms with van der Waals surface area (Å²) in [5.41, 5.74) is 0.617. The number of nitrogens with zero attached hydrogens (tertiary/aromatic N) is 1. The van der Waals surface area contributed by atoms with E-state index in [1.165, 1.54) is 18.4 Å². The third kappa shape index (κ3) is 9.39. The summed E-state index contributed by atoms with van der Waals surface area (Å²) in [6, 6.07) is 6.54. The van der Waals surface area contributed by atoms with Crippen LogP contribution in [0.25, 0.3) is 0 Å². The first-order valence-electron chi connectivity index (χ1n) is 7.94. The zero-order valence-electron chi connectivity index (χ0n) is 15.5. The molecule has 0 amide bonds. The van der Waals surface area contributed by atoms with Crippen LogP contribution in [0.4, 0.5) is 4.39 Å². The van der Waals surface area contributed by atoms with E-state index in [-0.39, 0.29) is 47.0 Å². The zero-order chi connectivity index (χ0) is 18.4. The number of benzene rings is 1. The number of hydrogen-bond acceptors (Lipinski definition) is 3. The molecule has 0 radical (unpaired) electrons. The topological polar surface area (TPSA) is 70.6 Å². The molecule has 1 aromatic carbocycles. The van der Waals surface area contributed by atoms with Crippen LogP contribution in [-0.2, 0) is 15.3 Å². The monoisotopic (exact) mass is 485 g/mol. The summed E-state index contributed by atoms with van der Waals surface area (Å²) >= 11 is 0. The molecule has 0 bridgehead atoms. The van der Waals surface area contributed by atoms with Gasteiger partial charge < -0.3 is 10.6 Å². The van der Waals surface area contributed by atoms with Gasteiger partial charge in [-0.3, -0.25) is 4.99 Å². The van der Waals surface area contributed by atoms with Crippen LogP contribution in [-0.4, -0.2) is 46.0 Å². The second-order valence-electron chi connectivity index (χ2n) is 6.78. The molecule has 0 saturated heterocycles. The largest absolute Gasteiger partial charge is 0.356 e. The number of halogens is 2. The molecule has 0 aromatic heterocycles. The van der Waals surface area contributed by atoms with E-state index in [1.54, 1.807) is 13.1 Å². The minimum atomic E-state index is -2.97. The second kappa shape index (κ2) is 10.3. The van der Waals surface area contributed by atoms with Crippen molar-refractivity contribution in [2.24, 2.45) is 4.99 Å². The number of hydrogen-bond donors (Lipinski definition) is 2. The van der Waals surface area contributed by atoms with Gasteiger partial charge in [-0.1, -0.05) is 26.0 Å². The summed E-state index contributed by atoms with van der Waals surface area (Å²) < 4.78 is 35.9. The first-order valence-corrected chi connectivity index (χ1v) is 10.0. The lowest BCUT2D eigenvalue weighted by molar-refractivity contribution is 0.499. The van der Waals surface area contributed by atoms with E-state index in [0.717, 1.165) is 5.56 Å². The van der Waals surface area contributed by atoms with Crippen molar-refractivity contribution in [2.45, 2.75) is 38.6 Å². The molecule has 0 aliphatic heterocycles. The molecule has 25 heavy (non-hydrogen) atoms. The van der Waals surface area contributed by atoms with Crippen molar-refractivity contribution in [3.8, 4) is 0 Å². The Hall–Kier alpha value is -0.900. The normalized spacial score (nSPS) is 13.8. The molecule has 0 heterocycles. The van der Waals surface area contributed by atoms with E-state index in [4.69, 9.17) is 0 Å². The number of rotatable bonds is 7. The smallest absolute Gasteiger partial charge is 0.191 e. The van der Waals surface area contributed by atoms with Gasteiger partial charge in [-0.2, -0.15) is 0 Å². The average molecular weight is 485 g/mol. The highest BCUT2D eigenvalue weighted by Gasteiger charge is 2.21. The van der Waals surface area contributed by atoms with Crippen LogP contribution in [0.2, 0.25) is 0 Å². The van der Waals surface area contributed by atoms with E-state index in [2.05, 4.69) is 15.6 Å². The molecule has 0 aliphatic carbocycles. The van der Waals surface area contributed by atoms with Crippen LogP contribution in [0.1, 0.15) is 32.8 Å². The van der Waals surface area contributed by atoms with E-state index in [1.807, 2.05) is 26.8 Å². The summed E-state index contributed by atoms with van der Waals surface area (Å²) in [6.45, 7) is 6.52. The molecule has 2 N–H and O–H groups in total. The summed E-state index contributed by atoms with van der Waals surface area (Å²) in [4.78, 5) is 4.16. The number of guanidine groups is 1. The Labute approximate surface area is 167 Å². The van der Waals surface area contributed by atoms with Crippen molar-refractivity contribution < 1.29 is 12.8 Å². The first-order chi connectivity index (χ1) is 11.0. The molecule has 1 unspecified atom stereocenters. The van der Waals surface area contributed by atoms with Crippen LogP contribution in [0.5, 0.6) is 0 Å². The van der Waals surface area contributed by atoms with Gasteiger partial charge in [0, 0.05) is 31.3 Å². The lowest BCUT2D eigenvalue weighted by atomic mass is 9.84. The van der Waals surface area contributed by atoms with E-state index < -0.39 is 9.84 Å². The average Bonchev–Trinajstić information content (AvgIpc) is 2.48. The van der Waals surface area contributed by atoms with Gasteiger partial charge in [0.1, 0.15) is 15.7 Å². The van der Waals surface area contributed by atoms with Crippen molar-refractivity contribution in [1.29, 1.82) is 0 Å². The van der Waals surface area contributed by atoms with Crippen molar-refractivity contribution >= 4 is 39.8 Å². The molecule has 5 nitrogen and oxygen atoms in total. The zero-order valence-corrected chi connectivity index (χ0v) is 18.6. The second-order valence-corrected chi connectivity index (χ2v) is 9.04. The SMILES string of the molecule is CN=C(NCC(C)(C)c1cccc(F)c1)NC(C)CCS(C)(=O)=O.I. The third-order valence-corrected chi connectivity index (χ3v) is 4.81. The minimum Gasteiger partial charge on any atom is -0.356 e. The van der Waals surface area contributed by atoms with Gasteiger partial charge in [-0.05, 0) is 31.0 Å². The lowest BCUT2D eigenvalue weighted by Gasteiger charge is -2.27. The quantitative estimate of drug-likeness (QED) is 0.354. The van der Waals surface area contributed by atoms with Crippen LogP contribution in [0.3, 0.4) is 0 Å².